The van der Waals surface area contributed by atoms with Gasteiger partial charge in [0, 0.05) is 23.0 Å². The first kappa shape index (κ1) is 22.8. The smallest absolute Gasteiger partial charge is 0.288 e. The molecule has 4 rings (SSSR count). The third-order valence-corrected chi connectivity index (χ3v) is 6.86. The van der Waals surface area contributed by atoms with E-state index in [4.69, 9.17) is 11.6 Å². The highest BCUT2D eigenvalue weighted by Crippen LogP contribution is 2.42. The third-order valence-electron chi connectivity index (χ3n) is 5.33. The van der Waals surface area contributed by atoms with Crippen molar-refractivity contribution in [1.82, 2.24) is 0 Å². The lowest BCUT2D eigenvalue weighted by atomic mass is 10.1. The normalized spacial score (nSPS) is 15.5. The number of nitro groups is 1. The number of hydrogen-bond donors (Lipinski definition) is 1. The average molecular weight is 482 g/mol. The molecule has 0 spiro atoms. The number of anilines is 2. The molecule has 33 heavy (non-hydrogen) atoms. The Balaban J connectivity index is 1.57. The summed E-state index contributed by atoms with van der Waals surface area (Å²) in [6.07, 6.45) is 0.922. The molecule has 1 aliphatic heterocycles. The van der Waals surface area contributed by atoms with Crippen LogP contribution in [0.4, 0.5) is 17.1 Å². The first-order valence-electron chi connectivity index (χ1n) is 10.2. The summed E-state index contributed by atoms with van der Waals surface area (Å²) in [5.74, 6) is -0.100. The van der Waals surface area contributed by atoms with Crippen LogP contribution in [0.25, 0.3) is 0 Å². The van der Waals surface area contributed by atoms with Crippen molar-refractivity contribution in [1.29, 1.82) is 0 Å². The van der Waals surface area contributed by atoms with Gasteiger partial charge in [0.05, 0.1) is 10.7 Å². The van der Waals surface area contributed by atoms with Crippen LogP contribution in [-0.4, -0.2) is 22.5 Å². The van der Waals surface area contributed by atoms with Crippen LogP contribution in [0, 0.1) is 10.1 Å². The van der Waals surface area contributed by atoms with Gasteiger partial charge in [-0.2, -0.15) is 0 Å². The Morgan fingerprint density at radius 2 is 1.94 bits per heavy atom. The van der Waals surface area contributed by atoms with Crippen LogP contribution in [0.2, 0.25) is 5.02 Å². The maximum Gasteiger partial charge on any atom is 0.288 e. The van der Waals surface area contributed by atoms with Gasteiger partial charge < -0.3 is 5.32 Å². The summed E-state index contributed by atoms with van der Waals surface area (Å²) < 4.78 is 0. The van der Waals surface area contributed by atoms with E-state index >= 15 is 0 Å². The Morgan fingerprint density at radius 1 is 1.18 bits per heavy atom. The van der Waals surface area contributed by atoms with E-state index in [9.17, 15) is 19.7 Å². The van der Waals surface area contributed by atoms with Crippen molar-refractivity contribution < 1.29 is 14.5 Å². The van der Waals surface area contributed by atoms with Gasteiger partial charge >= 0.3 is 0 Å². The Kier molecular flexibility index (Phi) is 6.67. The number of carbonyl (C=O) groups is 2. The predicted octanol–water partition coefficient (Wildman–Crippen LogP) is 5.84. The number of carbonyl (C=O) groups excluding carboxylic acids is 2. The van der Waals surface area contributed by atoms with Gasteiger partial charge in [0.25, 0.3) is 11.6 Å². The Hall–Kier alpha value is -3.36. The second kappa shape index (κ2) is 9.64. The minimum Gasteiger partial charge on any atom is -0.322 e. The van der Waals surface area contributed by atoms with Gasteiger partial charge in [-0.05, 0) is 53.9 Å². The van der Waals surface area contributed by atoms with Crippen molar-refractivity contribution in [2.75, 3.05) is 16.0 Å². The molecule has 9 heteroatoms. The van der Waals surface area contributed by atoms with Crippen LogP contribution in [-0.2, 0) is 11.2 Å². The standard InChI is InChI=1S/C24H20ClN3O4S/c1-2-15-6-9-19(10-7-15)27-22(29)14-33-24(27)17-4-3-5-18(12-17)26-23(30)16-8-11-20(25)21(13-16)28(31)32/h3-13,24H,2,14H2,1H3,(H,26,30). The molecule has 168 valence electrons. The van der Waals surface area contributed by atoms with Crippen molar-refractivity contribution in [2.45, 2.75) is 18.7 Å². The van der Waals surface area contributed by atoms with Crippen LogP contribution in [0.3, 0.4) is 0 Å². The van der Waals surface area contributed by atoms with Crippen molar-refractivity contribution in [2.24, 2.45) is 0 Å². The first-order chi connectivity index (χ1) is 15.9. The number of nitrogens with zero attached hydrogens (tertiary/aromatic N) is 2. The van der Waals surface area contributed by atoms with E-state index in [1.165, 1.54) is 29.5 Å². The van der Waals surface area contributed by atoms with E-state index in [1.807, 2.05) is 36.4 Å². The van der Waals surface area contributed by atoms with Gasteiger partial charge in [-0.3, -0.25) is 24.6 Å². The number of halogens is 1. The second-order valence-electron chi connectivity index (χ2n) is 7.45. The van der Waals surface area contributed by atoms with Crippen molar-refractivity contribution in [3.8, 4) is 0 Å². The molecule has 0 aromatic heterocycles. The van der Waals surface area contributed by atoms with Gasteiger partial charge in [-0.15, -0.1) is 11.8 Å². The molecule has 1 fully saturated rings. The molecule has 1 N–H and O–H groups in total. The number of amides is 2. The molecule has 0 radical (unpaired) electrons. The molecule has 3 aromatic rings. The molecule has 0 bridgehead atoms. The summed E-state index contributed by atoms with van der Waals surface area (Å²) in [5.41, 5.74) is 3.21. The van der Waals surface area contributed by atoms with E-state index in [0.717, 1.165) is 23.7 Å². The minimum atomic E-state index is -0.629. The van der Waals surface area contributed by atoms with E-state index in [1.54, 1.807) is 17.0 Å². The van der Waals surface area contributed by atoms with Crippen molar-refractivity contribution >= 4 is 52.2 Å². The van der Waals surface area contributed by atoms with Crippen LogP contribution in [0.1, 0.15) is 33.8 Å². The van der Waals surface area contributed by atoms with Gasteiger partial charge in [-0.1, -0.05) is 42.8 Å². The zero-order chi connectivity index (χ0) is 23.5. The van der Waals surface area contributed by atoms with E-state index in [0.29, 0.717) is 11.4 Å². The zero-order valence-corrected chi connectivity index (χ0v) is 19.2. The van der Waals surface area contributed by atoms with E-state index < -0.39 is 10.8 Å². The lowest BCUT2D eigenvalue weighted by molar-refractivity contribution is -0.384. The van der Waals surface area contributed by atoms with Crippen LogP contribution in [0.5, 0.6) is 0 Å². The highest BCUT2D eigenvalue weighted by molar-refractivity contribution is 8.00. The number of benzene rings is 3. The summed E-state index contributed by atoms with van der Waals surface area (Å²) >= 11 is 7.36. The monoisotopic (exact) mass is 481 g/mol. The highest BCUT2D eigenvalue weighted by atomic mass is 35.5. The average Bonchev–Trinajstić information content (AvgIpc) is 3.20. The molecule has 1 unspecified atom stereocenters. The predicted molar refractivity (Wildman–Crippen MR) is 131 cm³/mol. The fraction of sp³-hybridized carbons (Fsp3) is 0.167. The van der Waals surface area contributed by atoms with Gasteiger partial charge in [0.1, 0.15) is 10.4 Å². The van der Waals surface area contributed by atoms with Crippen LogP contribution in [0.15, 0.2) is 66.7 Å². The number of hydrogen-bond acceptors (Lipinski definition) is 5. The summed E-state index contributed by atoms with van der Waals surface area (Å²) in [6.45, 7) is 2.08. The number of rotatable bonds is 6. The number of aryl methyl sites for hydroxylation is 1. The first-order valence-corrected chi connectivity index (χ1v) is 11.7. The molecule has 1 aliphatic rings. The maximum atomic E-state index is 12.7. The summed E-state index contributed by atoms with van der Waals surface area (Å²) in [4.78, 5) is 37.6. The Bertz CT molecular complexity index is 1230. The third kappa shape index (κ3) is 4.86. The van der Waals surface area contributed by atoms with Crippen LogP contribution < -0.4 is 10.2 Å². The zero-order valence-electron chi connectivity index (χ0n) is 17.7. The summed E-state index contributed by atoms with van der Waals surface area (Å²) in [5, 5.41) is 13.6. The van der Waals surface area contributed by atoms with Gasteiger partial charge in [0.15, 0.2) is 0 Å². The lowest BCUT2D eigenvalue weighted by Crippen LogP contribution is -2.27. The maximum absolute atomic E-state index is 12.7. The Morgan fingerprint density at radius 3 is 2.64 bits per heavy atom. The molecular formula is C24H20ClN3O4S. The largest absolute Gasteiger partial charge is 0.322 e. The molecular weight excluding hydrogens is 462 g/mol. The highest BCUT2D eigenvalue weighted by Gasteiger charge is 2.34. The molecule has 0 saturated carbocycles. The lowest BCUT2D eigenvalue weighted by Gasteiger charge is -2.25. The molecule has 0 aliphatic carbocycles. The van der Waals surface area contributed by atoms with E-state index in [2.05, 4.69) is 12.2 Å². The quantitative estimate of drug-likeness (QED) is 0.352. The molecule has 1 atom stereocenters. The fourth-order valence-electron chi connectivity index (χ4n) is 3.61. The molecule has 2 amide bonds. The minimum absolute atomic E-state index is 0.0251. The van der Waals surface area contributed by atoms with Gasteiger partial charge in [0.2, 0.25) is 5.91 Å². The topological polar surface area (TPSA) is 92.6 Å². The molecule has 1 heterocycles. The number of nitro benzene ring substituents is 1. The van der Waals surface area contributed by atoms with Gasteiger partial charge in [-0.25, -0.2) is 0 Å². The number of thioether (sulfide) groups is 1. The number of nitrogens with one attached hydrogen (secondary N) is 1. The van der Waals surface area contributed by atoms with Crippen molar-refractivity contribution in [3.63, 3.8) is 0 Å². The molecule has 1 saturated heterocycles. The Labute approximate surface area is 199 Å². The van der Waals surface area contributed by atoms with E-state index in [-0.39, 0.29) is 27.6 Å². The SMILES string of the molecule is CCc1ccc(N2C(=O)CSC2c2cccc(NC(=O)c3ccc(Cl)c([N+](=O)[O-])c3)c2)cc1. The second-order valence-corrected chi connectivity index (χ2v) is 8.93. The summed E-state index contributed by atoms with van der Waals surface area (Å²) in [6, 6.07) is 19.1. The van der Waals surface area contributed by atoms with Crippen LogP contribution >= 0.6 is 23.4 Å². The molecule has 3 aromatic carbocycles. The summed E-state index contributed by atoms with van der Waals surface area (Å²) in [7, 11) is 0. The fourth-order valence-corrected chi connectivity index (χ4v) is 4.96. The van der Waals surface area contributed by atoms with Crippen molar-refractivity contribution in [3.05, 3.63) is 98.6 Å². The molecule has 7 nitrogen and oxygen atoms in total.